The molecule has 2 rings (SSSR count). The van der Waals surface area contributed by atoms with Crippen molar-refractivity contribution < 1.29 is 13.2 Å². The molecule has 0 amide bonds. The zero-order chi connectivity index (χ0) is 18.1. The van der Waals surface area contributed by atoms with Crippen molar-refractivity contribution in [2.45, 2.75) is 31.1 Å². The normalized spacial score (nSPS) is 12.1. The van der Waals surface area contributed by atoms with Crippen molar-refractivity contribution in [3.63, 3.8) is 0 Å². The van der Waals surface area contributed by atoms with E-state index in [1.165, 1.54) is 19.2 Å². The quantitative estimate of drug-likeness (QED) is 0.793. The largest absolute Gasteiger partial charge is 0.495 e. The van der Waals surface area contributed by atoms with Crippen LogP contribution in [0.4, 0.5) is 5.69 Å². The Balaban J connectivity index is 2.54. The third-order valence-electron chi connectivity index (χ3n) is 3.49. The van der Waals surface area contributed by atoms with Gasteiger partial charge in [0.2, 0.25) is 0 Å². The molecule has 4 nitrogen and oxygen atoms in total. The van der Waals surface area contributed by atoms with Crippen LogP contribution in [0.25, 0.3) is 0 Å². The Morgan fingerprint density at radius 3 is 2.29 bits per heavy atom. The van der Waals surface area contributed by atoms with Gasteiger partial charge in [0.1, 0.15) is 10.6 Å². The summed E-state index contributed by atoms with van der Waals surface area (Å²) in [5.41, 5.74) is 0.887. The molecule has 0 aliphatic heterocycles. The highest BCUT2D eigenvalue weighted by Gasteiger charge is 2.24. The molecule has 0 bridgehead atoms. The van der Waals surface area contributed by atoms with E-state index in [1.807, 2.05) is 26.8 Å². The Bertz CT molecular complexity index is 859. The molecule has 2 aromatic carbocycles. The maximum Gasteiger partial charge on any atom is 0.265 e. The molecule has 0 saturated carbocycles. The Labute approximate surface area is 152 Å². The molecule has 1 N–H and O–H groups in total. The summed E-state index contributed by atoms with van der Waals surface area (Å²) in [6.07, 6.45) is 0. The summed E-state index contributed by atoms with van der Waals surface area (Å²) in [5.74, 6) is 0.258. The molecule has 130 valence electrons. The standard InChI is InChI=1S/C17H19Cl2NO3S/c1-17(2,3)11-5-8-15(23-4)16(9-11)24(21,22)20-14-10-12(18)6-7-13(14)19/h5-10,20H,1-4H3. The van der Waals surface area contributed by atoms with Crippen molar-refractivity contribution in [2.24, 2.45) is 0 Å². The zero-order valence-corrected chi connectivity index (χ0v) is 16.2. The smallest absolute Gasteiger partial charge is 0.265 e. The molecule has 24 heavy (non-hydrogen) atoms. The average Bonchev–Trinajstić information content (AvgIpc) is 2.49. The summed E-state index contributed by atoms with van der Waals surface area (Å²) < 4.78 is 33.3. The molecular formula is C17H19Cl2NO3S. The molecular weight excluding hydrogens is 369 g/mol. The highest BCUT2D eigenvalue weighted by Crippen LogP contribution is 2.33. The number of methoxy groups -OCH3 is 1. The number of benzene rings is 2. The number of anilines is 1. The molecule has 0 radical (unpaired) electrons. The van der Waals surface area contributed by atoms with E-state index in [1.54, 1.807) is 18.2 Å². The van der Waals surface area contributed by atoms with E-state index < -0.39 is 10.0 Å². The lowest BCUT2D eigenvalue weighted by atomic mass is 9.87. The molecule has 0 aliphatic carbocycles. The van der Waals surface area contributed by atoms with Gasteiger partial charge in [-0.3, -0.25) is 4.72 Å². The van der Waals surface area contributed by atoms with Gasteiger partial charge in [0.15, 0.2) is 0 Å². The molecule has 0 heterocycles. The number of hydrogen-bond acceptors (Lipinski definition) is 3. The molecule has 0 aromatic heterocycles. The number of halogens is 2. The Hall–Kier alpha value is -1.43. The number of sulfonamides is 1. The van der Waals surface area contributed by atoms with Gasteiger partial charge in [-0.25, -0.2) is 8.42 Å². The first-order valence-electron chi connectivity index (χ1n) is 7.21. The molecule has 7 heteroatoms. The van der Waals surface area contributed by atoms with E-state index >= 15 is 0 Å². The molecule has 0 spiro atoms. The van der Waals surface area contributed by atoms with Crippen molar-refractivity contribution in [1.29, 1.82) is 0 Å². The van der Waals surface area contributed by atoms with Gasteiger partial charge in [0.05, 0.1) is 17.8 Å². The number of rotatable bonds is 4. The van der Waals surface area contributed by atoms with Gasteiger partial charge < -0.3 is 4.74 Å². The minimum Gasteiger partial charge on any atom is -0.495 e. The first-order valence-corrected chi connectivity index (χ1v) is 9.45. The monoisotopic (exact) mass is 387 g/mol. The molecule has 0 aliphatic rings. The van der Waals surface area contributed by atoms with E-state index in [4.69, 9.17) is 27.9 Å². The molecule has 0 atom stereocenters. The summed E-state index contributed by atoms with van der Waals surface area (Å²) in [6.45, 7) is 6.02. The van der Waals surface area contributed by atoms with Crippen molar-refractivity contribution in [1.82, 2.24) is 0 Å². The van der Waals surface area contributed by atoms with Crippen LogP contribution in [-0.2, 0) is 15.4 Å². The first-order chi connectivity index (χ1) is 11.0. The van der Waals surface area contributed by atoms with Gasteiger partial charge in [-0.05, 0) is 41.3 Å². The molecule has 0 unspecified atom stereocenters. The number of hydrogen-bond donors (Lipinski definition) is 1. The highest BCUT2D eigenvalue weighted by molar-refractivity contribution is 7.92. The van der Waals surface area contributed by atoms with Crippen LogP contribution in [0.5, 0.6) is 5.75 Å². The van der Waals surface area contributed by atoms with Crippen LogP contribution in [0.2, 0.25) is 10.0 Å². The van der Waals surface area contributed by atoms with Crippen LogP contribution in [-0.4, -0.2) is 15.5 Å². The Morgan fingerprint density at radius 2 is 1.71 bits per heavy atom. The van der Waals surface area contributed by atoms with Crippen molar-refractivity contribution in [3.8, 4) is 5.75 Å². The van der Waals surface area contributed by atoms with Gasteiger partial charge in [-0.15, -0.1) is 0 Å². The van der Waals surface area contributed by atoms with Crippen LogP contribution in [0.15, 0.2) is 41.3 Å². The predicted molar refractivity (Wildman–Crippen MR) is 99.0 cm³/mol. The van der Waals surface area contributed by atoms with E-state index in [9.17, 15) is 8.42 Å². The van der Waals surface area contributed by atoms with E-state index in [2.05, 4.69) is 4.72 Å². The topological polar surface area (TPSA) is 55.4 Å². The van der Waals surface area contributed by atoms with Gasteiger partial charge in [0, 0.05) is 5.02 Å². The fourth-order valence-electron chi connectivity index (χ4n) is 2.13. The van der Waals surface area contributed by atoms with E-state index in [-0.39, 0.29) is 26.8 Å². The first kappa shape index (κ1) is 18.9. The number of nitrogens with one attached hydrogen (secondary N) is 1. The molecule has 0 fully saturated rings. The van der Waals surface area contributed by atoms with E-state index in [0.717, 1.165) is 5.56 Å². The van der Waals surface area contributed by atoms with E-state index in [0.29, 0.717) is 5.02 Å². The van der Waals surface area contributed by atoms with Crippen molar-refractivity contribution in [3.05, 3.63) is 52.0 Å². The van der Waals surface area contributed by atoms with Gasteiger partial charge in [-0.2, -0.15) is 0 Å². The van der Waals surface area contributed by atoms with Crippen molar-refractivity contribution >= 4 is 38.9 Å². The van der Waals surface area contributed by atoms with Gasteiger partial charge in [0.25, 0.3) is 10.0 Å². The van der Waals surface area contributed by atoms with Gasteiger partial charge in [-0.1, -0.05) is 50.0 Å². The second-order valence-electron chi connectivity index (χ2n) is 6.35. The lowest BCUT2D eigenvalue weighted by Gasteiger charge is -2.21. The summed E-state index contributed by atoms with van der Waals surface area (Å²) in [4.78, 5) is 0.0495. The average molecular weight is 388 g/mol. The van der Waals surface area contributed by atoms with Crippen LogP contribution in [0.1, 0.15) is 26.3 Å². The van der Waals surface area contributed by atoms with Gasteiger partial charge >= 0.3 is 0 Å². The molecule has 2 aromatic rings. The Kier molecular flexibility index (Phi) is 5.37. The fraction of sp³-hybridized carbons (Fsp3) is 0.294. The third kappa shape index (κ3) is 4.15. The molecule has 0 saturated heterocycles. The summed E-state index contributed by atoms with van der Waals surface area (Å²) in [7, 11) is -2.47. The summed E-state index contributed by atoms with van der Waals surface area (Å²) in [6, 6.07) is 9.69. The third-order valence-corrected chi connectivity index (χ3v) is 5.44. The summed E-state index contributed by atoms with van der Waals surface area (Å²) >= 11 is 12.0. The minimum atomic E-state index is -3.90. The maximum absolute atomic E-state index is 12.8. The summed E-state index contributed by atoms with van der Waals surface area (Å²) in [5, 5.41) is 0.640. The van der Waals surface area contributed by atoms with Crippen LogP contribution in [0.3, 0.4) is 0 Å². The zero-order valence-electron chi connectivity index (χ0n) is 13.9. The SMILES string of the molecule is COc1ccc(C(C)(C)C)cc1S(=O)(=O)Nc1cc(Cl)ccc1Cl. The fourth-order valence-corrected chi connectivity index (χ4v) is 3.79. The van der Waals surface area contributed by atoms with Crippen molar-refractivity contribution in [2.75, 3.05) is 11.8 Å². The van der Waals surface area contributed by atoms with Crippen LogP contribution in [0, 0.1) is 0 Å². The van der Waals surface area contributed by atoms with Crippen LogP contribution >= 0.6 is 23.2 Å². The second-order valence-corrected chi connectivity index (χ2v) is 8.84. The second kappa shape index (κ2) is 6.82. The minimum absolute atomic E-state index is 0.0495. The van der Waals surface area contributed by atoms with Crippen LogP contribution < -0.4 is 9.46 Å². The lowest BCUT2D eigenvalue weighted by molar-refractivity contribution is 0.402. The predicted octanol–water partition coefficient (Wildman–Crippen LogP) is 5.10. The Morgan fingerprint density at radius 1 is 1.04 bits per heavy atom. The maximum atomic E-state index is 12.8. The lowest BCUT2D eigenvalue weighted by Crippen LogP contribution is -2.17. The number of ether oxygens (including phenoxy) is 1. The highest BCUT2D eigenvalue weighted by atomic mass is 35.5.